The Bertz CT molecular complexity index is 1290. The molecule has 2 heterocycles. The van der Waals surface area contributed by atoms with E-state index >= 15 is 0 Å². The highest BCUT2D eigenvalue weighted by molar-refractivity contribution is 7.15. The van der Waals surface area contributed by atoms with Crippen LogP contribution in [0.3, 0.4) is 0 Å². The molecular weight excluding hydrogens is 664 g/mol. The van der Waals surface area contributed by atoms with Crippen LogP contribution in [-0.4, -0.2) is 36.8 Å². The van der Waals surface area contributed by atoms with Crippen molar-refractivity contribution in [2.45, 2.75) is 33.5 Å². The van der Waals surface area contributed by atoms with Gasteiger partial charge in [0, 0.05) is 17.0 Å². The van der Waals surface area contributed by atoms with Crippen LogP contribution in [0.4, 0.5) is 5.13 Å². The van der Waals surface area contributed by atoms with Gasteiger partial charge in [0.1, 0.15) is 35.5 Å². The van der Waals surface area contributed by atoms with Crippen LogP contribution in [0.25, 0.3) is 0 Å². The number of Topliss-reactive ketones (excluding diaryl/α,β-unsaturated/α-hetero) is 1. The molecule has 2 aromatic carbocycles. The molecular formula is C24H24Cl5N5O4S2. The van der Waals surface area contributed by atoms with Crippen molar-refractivity contribution in [3.05, 3.63) is 73.6 Å². The summed E-state index contributed by atoms with van der Waals surface area (Å²) >= 11 is 28.4. The number of hydrogen-bond donors (Lipinski definition) is 1. The summed E-state index contributed by atoms with van der Waals surface area (Å²) in [6.07, 6.45) is 0.332. The smallest absolute Gasteiger partial charge is 0.218 e. The first kappa shape index (κ1) is 35.8. The van der Waals surface area contributed by atoms with E-state index in [1.165, 1.54) is 36.5 Å². The van der Waals surface area contributed by atoms with E-state index < -0.39 is 0 Å². The van der Waals surface area contributed by atoms with Gasteiger partial charge in [-0.2, -0.15) is 0 Å². The third-order valence-electron chi connectivity index (χ3n) is 3.74. The Hall–Kier alpha value is -2.25. The van der Waals surface area contributed by atoms with Gasteiger partial charge in [0.25, 0.3) is 0 Å². The minimum absolute atomic E-state index is 0.0799. The van der Waals surface area contributed by atoms with E-state index in [1.807, 2.05) is 0 Å². The summed E-state index contributed by atoms with van der Waals surface area (Å²) < 4.78 is 11.0. The van der Waals surface area contributed by atoms with Crippen LogP contribution in [0.15, 0.2) is 48.5 Å². The molecule has 0 aliphatic heterocycles. The summed E-state index contributed by atoms with van der Waals surface area (Å²) in [6.45, 7) is 3.54. The number of nitrogen functional groups attached to an aromatic ring is 1. The van der Waals surface area contributed by atoms with Crippen LogP contribution in [0, 0.1) is 0 Å². The minimum Gasteiger partial charge on any atom is -0.486 e. The van der Waals surface area contributed by atoms with Gasteiger partial charge in [0.15, 0.2) is 10.0 Å². The van der Waals surface area contributed by atoms with E-state index in [0.29, 0.717) is 34.8 Å². The summed E-state index contributed by atoms with van der Waals surface area (Å²) in [7, 11) is 0. The van der Waals surface area contributed by atoms with Gasteiger partial charge in [-0.3, -0.25) is 9.59 Å². The van der Waals surface area contributed by atoms with E-state index in [4.69, 9.17) is 61.6 Å². The van der Waals surface area contributed by atoms with Gasteiger partial charge in [-0.05, 0) is 67.1 Å². The maximum atomic E-state index is 10.9. The van der Waals surface area contributed by atoms with Crippen LogP contribution in [-0.2, 0) is 29.2 Å². The fraction of sp³-hybridized carbons (Fsp3) is 0.250. The highest BCUT2D eigenvalue weighted by Crippen LogP contribution is 2.19. The summed E-state index contributed by atoms with van der Waals surface area (Å²) in [4.78, 5) is 20.1. The van der Waals surface area contributed by atoms with E-state index in [2.05, 4.69) is 32.0 Å². The topological polar surface area (TPSA) is 130 Å². The zero-order valence-electron chi connectivity index (χ0n) is 21.2. The summed E-state index contributed by atoms with van der Waals surface area (Å²) in [6, 6.07) is 14.2. The molecule has 2 aromatic heterocycles. The number of nitrogens with zero attached hydrogens (tertiary/aromatic N) is 4. The van der Waals surface area contributed by atoms with Crippen molar-refractivity contribution in [2.75, 3.05) is 11.1 Å². The zero-order chi connectivity index (χ0) is 29.9. The van der Waals surface area contributed by atoms with Crippen LogP contribution in [0.5, 0.6) is 11.5 Å². The van der Waals surface area contributed by atoms with Crippen LogP contribution in [0.2, 0.25) is 10.0 Å². The lowest BCUT2D eigenvalue weighted by atomic mass is 10.3. The molecule has 0 unspecified atom stereocenters. The Balaban J connectivity index is 0.000000328. The average molecular weight is 688 g/mol. The van der Waals surface area contributed by atoms with Gasteiger partial charge in [-0.1, -0.05) is 45.9 Å². The Kier molecular flexibility index (Phi) is 18.4. The molecule has 0 amide bonds. The number of carbonyl (C=O) groups is 2. The summed E-state index contributed by atoms with van der Waals surface area (Å²) in [5, 5.41) is 19.3. The van der Waals surface area contributed by atoms with Crippen molar-refractivity contribution in [2.24, 2.45) is 0 Å². The van der Waals surface area contributed by atoms with Crippen molar-refractivity contribution in [3.63, 3.8) is 0 Å². The Labute approximate surface area is 264 Å². The maximum Gasteiger partial charge on any atom is 0.218 e. The van der Waals surface area contributed by atoms with Crippen LogP contribution < -0.4 is 15.2 Å². The van der Waals surface area contributed by atoms with Crippen molar-refractivity contribution in [1.29, 1.82) is 0 Å². The molecule has 4 aromatic rings. The number of benzene rings is 2. The fourth-order valence-corrected chi connectivity index (χ4v) is 3.91. The van der Waals surface area contributed by atoms with Gasteiger partial charge in [-0.15, -0.1) is 43.6 Å². The zero-order valence-corrected chi connectivity index (χ0v) is 26.6. The number of ether oxygens (including phenoxy) is 2. The lowest BCUT2D eigenvalue weighted by Gasteiger charge is -2.02. The standard InChI is InChI=1S/C12H11ClN2O2S.C9H8ClN3OS.C2H3ClO.CH2Cl2/c1-8(16)6-11-14-15-12(18-11)7-17-10-4-2-9(13)3-5-10;10-6-1-3-7(4-2-6)14-5-8-12-13-9(11)15-8;1-2(3)4;2-1-3/h2-5H,6-7H2,1H3;1-4H,5H2,(H2,11,13);1H3;1H2. The molecule has 0 bridgehead atoms. The normalized spacial score (nSPS) is 9.57. The van der Waals surface area contributed by atoms with Gasteiger partial charge in [-0.25, -0.2) is 0 Å². The molecule has 0 atom stereocenters. The minimum atomic E-state index is -0.361. The second-order valence-corrected chi connectivity index (χ2v) is 11.5. The maximum absolute atomic E-state index is 10.9. The number of aromatic nitrogens is 4. The van der Waals surface area contributed by atoms with Crippen LogP contribution >= 0.6 is 80.7 Å². The van der Waals surface area contributed by atoms with Gasteiger partial charge >= 0.3 is 0 Å². The van der Waals surface area contributed by atoms with Gasteiger partial charge in [0.2, 0.25) is 10.4 Å². The highest BCUT2D eigenvalue weighted by Gasteiger charge is 2.07. The van der Waals surface area contributed by atoms with Crippen LogP contribution in [0.1, 0.15) is 28.9 Å². The largest absolute Gasteiger partial charge is 0.486 e. The average Bonchev–Trinajstić information content (AvgIpc) is 3.52. The quantitative estimate of drug-likeness (QED) is 0.148. The molecule has 0 spiro atoms. The first-order chi connectivity index (χ1) is 19.0. The summed E-state index contributed by atoms with van der Waals surface area (Å²) in [5.41, 5.74) is 5.44. The van der Waals surface area contributed by atoms with E-state index in [1.54, 1.807) is 48.5 Å². The molecule has 216 valence electrons. The number of alkyl halides is 2. The molecule has 16 heteroatoms. The second kappa shape index (κ2) is 20.6. The SMILES string of the molecule is CC(=O)Cc1nnc(COc2ccc(Cl)cc2)s1.CC(=O)Cl.ClCCl.Nc1nnc(COc2ccc(Cl)cc2)s1. The van der Waals surface area contributed by atoms with Crippen molar-refractivity contribution in [1.82, 2.24) is 20.4 Å². The van der Waals surface area contributed by atoms with Crippen molar-refractivity contribution < 1.29 is 19.1 Å². The number of hydrogen-bond acceptors (Lipinski definition) is 11. The third kappa shape index (κ3) is 17.4. The molecule has 4 rings (SSSR count). The number of rotatable bonds is 8. The number of anilines is 1. The monoisotopic (exact) mass is 685 g/mol. The van der Waals surface area contributed by atoms with E-state index in [9.17, 15) is 9.59 Å². The molecule has 40 heavy (non-hydrogen) atoms. The highest BCUT2D eigenvalue weighted by atomic mass is 35.5. The fourth-order valence-electron chi connectivity index (χ4n) is 2.31. The number of carbonyl (C=O) groups excluding carboxylic acids is 2. The van der Waals surface area contributed by atoms with Crippen molar-refractivity contribution >= 4 is 96.8 Å². The first-order valence-electron chi connectivity index (χ1n) is 11.0. The molecule has 0 radical (unpaired) electrons. The molecule has 0 saturated carbocycles. The number of nitrogens with two attached hydrogens (primary N) is 1. The van der Waals surface area contributed by atoms with Gasteiger partial charge < -0.3 is 15.2 Å². The van der Waals surface area contributed by atoms with E-state index in [-0.39, 0.29) is 16.4 Å². The van der Waals surface area contributed by atoms with E-state index in [0.717, 1.165) is 26.5 Å². The van der Waals surface area contributed by atoms with Gasteiger partial charge in [0.05, 0.1) is 11.8 Å². The van der Waals surface area contributed by atoms with Crippen molar-refractivity contribution in [3.8, 4) is 11.5 Å². The molecule has 0 fully saturated rings. The Morgan fingerprint density at radius 2 is 1.12 bits per heavy atom. The third-order valence-corrected chi connectivity index (χ3v) is 5.87. The Morgan fingerprint density at radius 3 is 1.50 bits per heavy atom. The molecule has 0 aliphatic carbocycles. The second-order valence-electron chi connectivity index (χ2n) is 7.06. The lowest BCUT2D eigenvalue weighted by molar-refractivity contribution is -0.116. The molecule has 0 saturated heterocycles. The first-order valence-corrected chi connectivity index (χ1v) is 14.8. The summed E-state index contributed by atoms with van der Waals surface area (Å²) in [5.74, 6) is 1.55. The Morgan fingerprint density at radius 1 is 0.750 bits per heavy atom. The molecule has 0 aliphatic rings. The lowest BCUT2D eigenvalue weighted by Crippen LogP contribution is -1.94. The number of halogens is 5. The molecule has 9 nitrogen and oxygen atoms in total. The predicted octanol–water partition coefficient (Wildman–Crippen LogP) is 7.45. The number of ketones is 1. The predicted molar refractivity (Wildman–Crippen MR) is 163 cm³/mol. The molecule has 2 N–H and O–H groups in total.